The van der Waals surface area contributed by atoms with Gasteiger partial charge in [-0.2, -0.15) is 0 Å². The zero-order valence-electron chi connectivity index (χ0n) is 17.5. The van der Waals surface area contributed by atoms with Crippen LogP contribution in [0.25, 0.3) is 0 Å². The number of amides is 1. The lowest BCUT2D eigenvalue weighted by molar-refractivity contribution is 0.0977. The number of thiocarbonyl (C=S) groups is 1. The SMILES string of the molecule is CC(C)Oc1ccc(C(=O)NC(=S)Nc2ccc(S(=O)(=O)NCc3ccco3)cc2)cc1. The van der Waals surface area contributed by atoms with Gasteiger partial charge < -0.3 is 14.5 Å². The number of carbonyl (C=O) groups excluding carboxylic acids is 1. The van der Waals surface area contributed by atoms with Gasteiger partial charge in [0, 0.05) is 11.3 Å². The third-order valence-corrected chi connectivity index (χ3v) is 5.78. The van der Waals surface area contributed by atoms with Crippen molar-refractivity contribution in [2.45, 2.75) is 31.4 Å². The van der Waals surface area contributed by atoms with Crippen LogP contribution in [0.5, 0.6) is 5.75 Å². The number of anilines is 1. The van der Waals surface area contributed by atoms with Crippen LogP contribution in [-0.4, -0.2) is 25.5 Å². The maximum Gasteiger partial charge on any atom is 0.257 e. The van der Waals surface area contributed by atoms with Crippen LogP contribution in [0.4, 0.5) is 5.69 Å². The molecule has 32 heavy (non-hydrogen) atoms. The zero-order chi connectivity index (χ0) is 23.1. The Balaban J connectivity index is 1.54. The first-order valence-corrected chi connectivity index (χ1v) is 11.6. The fourth-order valence-electron chi connectivity index (χ4n) is 2.67. The molecule has 0 aliphatic rings. The summed E-state index contributed by atoms with van der Waals surface area (Å²) in [4.78, 5) is 12.5. The van der Waals surface area contributed by atoms with Crippen LogP contribution in [0.1, 0.15) is 30.0 Å². The van der Waals surface area contributed by atoms with Crippen molar-refractivity contribution >= 4 is 38.9 Å². The van der Waals surface area contributed by atoms with Gasteiger partial charge in [-0.3, -0.25) is 10.1 Å². The zero-order valence-corrected chi connectivity index (χ0v) is 19.1. The Morgan fingerprint density at radius 1 is 1.06 bits per heavy atom. The summed E-state index contributed by atoms with van der Waals surface area (Å²) in [6.45, 7) is 3.89. The van der Waals surface area contributed by atoms with Gasteiger partial charge in [-0.25, -0.2) is 13.1 Å². The summed E-state index contributed by atoms with van der Waals surface area (Å²) in [6.07, 6.45) is 1.52. The van der Waals surface area contributed by atoms with Gasteiger partial charge in [0.2, 0.25) is 10.0 Å². The number of furan rings is 1. The molecular formula is C22H23N3O5S2. The summed E-state index contributed by atoms with van der Waals surface area (Å²) in [7, 11) is -3.70. The molecule has 1 amide bonds. The first-order chi connectivity index (χ1) is 15.2. The Morgan fingerprint density at radius 3 is 2.34 bits per heavy atom. The molecule has 3 rings (SSSR count). The Bertz CT molecular complexity index is 1160. The van der Waals surface area contributed by atoms with Crippen molar-refractivity contribution in [3.8, 4) is 5.75 Å². The molecule has 2 aromatic carbocycles. The topological polar surface area (TPSA) is 110 Å². The van der Waals surface area contributed by atoms with Crippen molar-refractivity contribution in [2.75, 3.05) is 5.32 Å². The van der Waals surface area contributed by atoms with E-state index in [-0.39, 0.29) is 28.6 Å². The normalized spacial score (nSPS) is 11.2. The standard InChI is InChI=1S/C22H23N3O5S2/c1-15(2)30-18-9-5-16(6-10-18)21(26)25-22(31)24-17-7-11-20(12-8-17)32(27,28)23-14-19-4-3-13-29-19/h3-13,15,23H,14H2,1-2H3,(H2,24,25,26,31). The van der Waals surface area contributed by atoms with Crippen LogP contribution in [0, 0.1) is 0 Å². The highest BCUT2D eigenvalue weighted by Crippen LogP contribution is 2.16. The average molecular weight is 474 g/mol. The summed E-state index contributed by atoms with van der Waals surface area (Å²) in [6, 6.07) is 16.1. The highest BCUT2D eigenvalue weighted by Gasteiger charge is 2.15. The summed E-state index contributed by atoms with van der Waals surface area (Å²) in [5, 5.41) is 5.53. The molecule has 0 aliphatic heterocycles. The Kier molecular flexibility index (Phi) is 7.62. The summed E-state index contributed by atoms with van der Waals surface area (Å²) in [5.41, 5.74) is 0.954. The van der Waals surface area contributed by atoms with E-state index >= 15 is 0 Å². The highest BCUT2D eigenvalue weighted by molar-refractivity contribution is 7.89. The number of benzene rings is 2. The minimum Gasteiger partial charge on any atom is -0.491 e. The van der Waals surface area contributed by atoms with Gasteiger partial charge in [0.1, 0.15) is 11.5 Å². The predicted molar refractivity (Wildman–Crippen MR) is 125 cm³/mol. The Morgan fingerprint density at radius 2 is 1.75 bits per heavy atom. The number of sulfonamides is 1. The number of carbonyl (C=O) groups is 1. The molecule has 8 nitrogen and oxygen atoms in total. The number of hydrogen-bond donors (Lipinski definition) is 3. The molecular weight excluding hydrogens is 450 g/mol. The second-order valence-corrected chi connectivity index (χ2v) is 9.20. The van der Waals surface area contributed by atoms with Gasteiger partial charge >= 0.3 is 0 Å². The summed E-state index contributed by atoms with van der Waals surface area (Å²) < 4.78 is 37.9. The molecule has 10 heteroatoms. The second-order valence-electron chi connectivity index (χ2n) is 7.03. The summed E-state index contributed by atoms with van der Waals surface area (Å²) >= 11 is 5.18. The molecule has 0 saturated heterocycles. The molecule has 0 saturated carbocycles. The molecule has 1 heterocycles. The fraction of sp³-hybridized carbons (Fsp3) is 0.182. The molecule has 3 N–H and O–H groups in total. The minimum atomic E-state index is -3.70. The number of ether oxygens (including phenoxy) is 1. The lowest BCUT2D eigenvalue weighted by atomic mass is 10.2. The van der Waals surface area contributed by atoms with Gasteiger partial charge in [-0.15, -0.1) is 0 Å². The largest absolute Gasteiger partial charge is 0.491 e. The smallest absolute Gasteiger partial charge is 0.257 e. The molecule has 0 radical (unpaired) electrons. The molecule has 0 bridgehead atoms. The first kappa shape index (κ1) is 23.5. The van der Waals surface area contributed by atoms with Crippen molar-refractivity contribution in [1.82, 2.24) is 10.0 Å². The van der Waals surface area contributed by atoms with Crippen LogP contribution in [0.15, 0.2) is 76.2 Å². The van der Waals surface area contributed by atoms with Crippen LogP contribution < -0.4 is 20.1 Å². The van der Waals surface area contributed by atoms with E-state index in [2.05, 4.69) is 15.4 Å². The number of hydrogen-bond acceptors (Lipinski definition) is 6. The fourth-order valence-corrected chi connectivity index (χ4v) is 3.88. The molecule has 0 atom stereocenters. The van der Waals surface area contributed by atoms with Gasteiger partial charge in [0.15, 0.2) is 5.11 Å². The molecule has 3 aromatic rings. The molecule has 0 unspecified atom stereocenters. The molecule has 0 fully saturated rings. The minimum absolute atomic E-state index is 0.0413. The van der Waals surface area contributed by atoms with E-state index in [0.717, 1.165) is 0 Å². The Labute approximate surface area is 192 Å². The maximum atomic E-state index is 12.4. The van der Waals surface area contributed by atoms with Crippen LogP contribution in [0.3, 0.4) is 0 Å². The summed E-state index contributed by atoms with van der Waals surface area (Å²) in [5.74, 6) is 0.806. The Hall–Kier alpha value is -3.21. The van der Waals surface area contributed by atoms with Crippen molar-refractivity contribution in [3.63, 3.8) is 0 Å². The van der Waals surface area contributed by atoms with Crippen LogP contribution in [0.2, 0.25) is 0 Å². The predicted octanol–water partition coefficient (Wildman–Crippen LogP) is 3.67. The lowest BCUT2D eigenvalue weighted by Gasteiger charge is -2.12. The number of nitrogens with one attached hydrogen (secondary N) is 3. The first-order valence-electron chi connectivity index (χ1n) is 9.74. The number of rotatable bonds is 8. The molecule has 0 aliphatic carbocycles. The average Bonchev–Trinajstić information content (AvgIpc) is 3.26. The van der Waals surface area contributed by atoms with Gasteiger partial charge in [-0.05, 0) is 86.7 Å². The van der Waals surface area contributed by atoms with E-state index < -0.39 is 10.0 Å². The van der Waals surface area contributed by atoms with E-state index in [1.165, 1.54) is 18.4 Å². The van der Waals surface area contributed by atoms with Crippen LogP contribution in [-0.2, 0) is 16.6 Å². The van der Waals surface area contributed by atoms with Crippen molar-refractivity contribution in [3.05, 3.63) is 78.3 Å². The van der Waals surface area contributed by atoms with E-state index in [9.17, 15) is 13.2 Å². The third kappa shape index (κ3) is 6.64. The lowest BCUT2D eigenvalue weighted by Crippen LogP contribution is -2.34. The monoisotopic (exact) mass is 473 g/mol. The van der Waals surface area contributed by atoms with E-state index in [0.29, 0.717) is 22.8 Å². The quantitative estimate of drug-likeness (QED) is 0.428. The highest BCUT2D eigenvalue weighted by atomic mass is 32.2. The molecule has 168 valence electrons. The second kappa shape index (κ2) is 10.4. The van der Waals surface area contributed by atoms with Crippen LogP contribution >= 0.6 is 12.2 Å². The van der Waals surface area contributed by atoms with Gasteiger partial charge in [0.05, 0.1) is 23.8 Å². The van der Waals surface area contributed by atoms with Crippen molar-refractivity contribution in [2.24, 2.45) is 0 Å². The van der Waals surface area contributed by atoms with E-state index in [1.807, 2.05) is 13.8 Å². The van der Waals surface area contributed by atoms with Gasteiger partial charge in [0.25, 0.3) is 5.91 Å². The molecule has 0 spiro atoms. The molecule has 1 aromatic heterocycles. The van der Waals surface area contributed by atoms with Crippen molar-refractivity contribution in [1.29, 1.82) is 0 Å². The van der Waals surface area contributed by atoms with E-state index in [1.54, 1.807) is 48.5 Å². The van der Waals surface area contributed by atoms with Gasteiger partial charge in [-0.1, -0.05) is 0 Å². The third-order valence-electron chi connectivity index (χ3n) is 4.15. The van der Waals surface area contributed by atoms with Crippen molar-refractivity contribution < 1.29 is 22.4 Å². The van der Waals surface area contributed by atoms with E-state index in [4.69, 9.17) is 21.4 Å². The maximum absolute atomic E-state index is 12.4.